The van der Waals surface area contributed by atoms with Crippen LogP contribution in [-0.2, 0) is 4.79 Å². The van der Waals surface area contributed by atoms with Crippen LogP contribution in [0.3, 0.4) is 0 Å². The summed E-state index contributed by atoms with van der Waals surface area (Å²) < 4.78 is 0. The highest BCUT2D eigenvalue weighted by atomic mass is 16.2. The zero-order valence-electron chi connectivity index (χ0n) is 10.1. The van der Waals surface area contributed by atoms with E-state index in [0.717, 1.165) is 24.8 Å². The third kappa shape index (κ3) is 2.66. The standard InChI is InChI=1S/C12H20N4O/c1-8(10-6-14-15-7-10)16-12(17)11-4-2-3-9(11)5-13/h6-9,11H,2-5,13H2,1H3,(H,14,15)(H,16,17). The number of aromatic amines is 1. The first-order valence-electron chi connectivity index (χ1n) is 6.21. The van der Waals surface area contributed by atoms with Gasteiger partial charge in [-0.2, -0.15) is 5.10 Å². The number of nitrogens with zero attached hydrogens (tertiary/aromatic N) is 1. The largest absolute Gasteiger partial charge is 0.349 e. The summed E-state index contributed by atoms with van der Waals surface area (Å²) in [7, 11) is 0. The summed E-state index contributed by atoms with van der Waals surface area (Å²) in [5.41, 5.74) is 6.69. The maximum Gasteiger partial charge on any atom is 0.223 e. The van der Waals surface area contributed by atoms with Crippen LogP contribution in [0, 0.1) is 11.8 Å². The van der Waals surface area contributed by atoms with Crippen LogP contribution < -0.4 is 11.1 Å². The van der Waals surface area contributed by atoms with Crippen molar-refractivity contribution in [3.05, 3.63) is 18.0 Å². The number of hydrogen-bond donors (Lipinski definition) is 3. The number of nitrogens with one attached hydrogen (secondary N) is 2. The minimum Gasteiger partial charge on any atom is -0.349 e. The Morgan fingerprint density at radius 3 is 3.18 bits per heavy atom. The molecule has 0 aromatic carbocycles. The Labute approximate surface area is 101 Å². The Hall–Kier alpha value is -1.36. The molecular weight excluding hydrogens is 216 g/mol. The number of carbonyl (C=O) groups is 1. The molecule has 17 heavy (non-hydrogen) atoms. The first-order chi connectivity index (χ1) is 8.22. The average Bonchev–Trinajstić information content (AvgIpc) is 2.99. The first kappa shape index (κ1) is 12.1. The highest BCUT2D eigenvalue weighted by Crippen LogP contribution is 2.31. The van der Waals surface area contributed by atoms with Gasteiger partial charge in [-0.25, -0.2) is 0 Å². The molecule has 4 N–H and O–H groups in total. The van der Waals surface area contributed by atoms with Gasteiger partial charge in [0.05, 0.1) is 12.2 Å². The SMILES string of the molecule is CC(NC(=O)C1CCCC1CN)c1cn[nH]c1. The molecule has 1 amide bonds. The number of nitrogens with two attached hydrogens (primary N) is 1. The molecule has 5 heteroatoms. The van der Waals surface area contributed by atoms with Crippen LogP contribution in [-0.4, -0.2) is 22.6 Å². The van der Waals surface area contributed by atoms with Crippen LogP contribution in [0.15, 0.2) is 12.4 Å². The predicted molar refractivity (Wildman–Crippen MR) is 65.0 cm³/mol. The Morgan fingerprint density at radius 1 is 1.71 bits per heavy atom. The van der Waals surface area contributed by atoms with Crippen molar-refractivity contribution in [1.29, 1.82) is 0 Å². The molecule has 3 unspecified atom stereocenters. The minimum absolute atomic E-state index is 0.000254. The Morgan fingerprint density at radius 2 is 2.53 bits per heavy atom. The van der Waals surface area contributed by atoms with Gasteiger partial charge < -0.3 is 11.1 Å². The molecule has 1 fully saturated rings. The zero-order valence-corrected chi connectivity index (χ0v) is 10.1. The Balaban J connectivity index is 1.92. The molecule has 0 aliphatic heterocycles. The van der Waals surface area contributed by atoms with Gasteiger partial charge in [0, 0.05) is 17.7 Å². The van der Waals surface area contributed by atoms with E-state index in [1.54, 1.807) is 12.4 Å². The smallest absolute Gasteiger partial charge is 0.223 e. The monoisotopic (exact) mass is 236 g/mol. The van der Waals surface area contributed by atoms with E-state index in [-0.39, 0.29) is 17.9 Å². The van der Waals surface area contributed by atoms with E-state index in [2.05, 4.69) is 15.5 Å². The van der Waals surface area contributed by atoms with Gasteiger partial charge in [-0.05, 0) is 32.2 Å². The molecule has 0 spiro atoms. The van der Waals surface area contributed by atoms with Crippen molar-refractivity contribution in [2.45, 2.75) is 32.2 Å². The van der Waals surface area contributed by atoms with Crippen LogP contribution in [0.5, 0.6) is 0 Å². The van der Waals surface area contributed by atoms with Crippen molar-refractivity contribution in [3.63, 3.8) is 0 Å². The molecule has 0 saturated heterocycles. The van der Waals surface area contributed by atoms with E-state index in [1.807, 2.05) is 6.92 Å². The van der Waals surface area contributed by atoms with Gasteiger partial charge in [-0.15, -0.1) is 0 Å². The number of rotatable bonds is 4. The maximum atomic E-state index is 12.1. The third-order valence-corrected chi connectivity index (χ3v) is 3.68. The van der Waals surface area contributed by atoms with E-state index >= 15 is 0 Å². The van der Waals surface area contributed by atoms with Crippen molar-refractivity contribution >= 4 is 5.91 Å². The van der Waals surface area contributed by atoms with E-state index in [0.29, 0.717) is 12.5 Å². The molecule has 0 bridgehead atoms. The van der Waals surface area contributed by atoms with Gasteiger partial charge in [-0.1, -0.05) is 6.42 Å². The van der Waals surface area contributed by atoms with Crippen molar-refractivity contribution in [1.82, 2.24) is 15.5 Å². The molecule has 1 saturated carbocycles. The quantitative estimate of drug-likeness (QED) is 0.728. The summed E-state index contributed by atoms with van der Waals surface area (Å²) in [4.78, 5) is 12.1. The fraction of sp³-hybridized carbons (Fsp3) is 0.667. The fourth-order valence-electron chi connectivity index (χ4n) is 2.57. The Kier molecular flexibility index (Phi) is 3.78. The topological polar surface area (TPSA) is 83.8 Å². The molecule has 1 aliphatic rings. The van der Waals surface area contributed by atoms with Crippen LogP contribution in [0.2, 0.25) is 0 Å². The van der Waals surface area contributed by atoms with E-state index in [4.69, 9.17) is 5.73 Å². The van der Waals surface area contributed by atoms with Gasteiger partial charge >= 0.3 is 0 Å². The summed E-state index contributed by atoms with van der Waals surface area (Å²) in [6, 6.07) is 0.000254. The predicted octanol–water partition coefficient (Wildman–Crippen LogP) is 0.962. The second-order valence-electron chi connectivity index (χ2n) is 4.80. The summed E-state index contributed by atoms with van der Waals surface area (Å²) in [5.74, 6) is 0.576. The number of H-pyrrole nitrogens is 1. The fourth-order valence-corrected chi connectivity index (χ4v) is 2.57. The maximum absolute atomic E-state index is 12.1. The lowest BCUT2D eigenvalue weighted by molar-refractivity contribution is -0.126. The van der Waals surface area contributed by atoms with Crippen LogP contribution in [0.25, 0.3) is 0 Å². The van der Waals surface area contributed by atoms with E-state index in [1.165, 1.54) is 0 Å². The molecule has 1 heterocycles. The second kappa shape index (κ2) is 5.31. The highest BCUT2D eigenvalue weighted by molar-refractivity contribution is 5.79. The third-order valence-electron chi connectivity index (χ3n) is 3.68. The molecule has 94 valence electrons. The highest BCUT2D eigenvalue weighted by Gasteiger charge is 2.32. The number of aromatic nitrogens is 2. The average molecular weight is 236 g/mol. The van der Waals surface area contributed by atoms with Gasteiger partial charge in [0.15, 0.2) is 0 Å². The van der Waals surface area contributed by atoms with Gasteiger partial charge in [-0.3, -0.25) is 9.89 Å². The molecule has 2 rings (SSSR count). The summed E-state index contributed by atoms with van der Waals surface area (Å²) in [5, 5.41) is 9.67. The van der Waals surface area contributed by atoms with Gasteiger partial charge in [0.25, 0.3) is 0 Å². The van der Waals surface area contributed by atoms with Crippen molar-refractivity contribution in [2.24, 2.45) is 17.6 Å². The van der Waals surface area contributed by atoms with E-state index < -0.39 is 0 Å². The molecular formula is C12H20N4O. The normalized spacial score (nSPS) is 25.8. The van der Waals surface area contributed by atoms with E-state index in [9.17, 15) is 4.79 Å². The van der Waals surface area contributed by atoms with Gasteiger partial charge in [0.2, 0.25) is 5.91 Å². The number of carbonyl (C=O) groups excluding carboxylic acids is 1. The molecule has 3 atom stereocenters. The van der Waals surface area contributed by atoms with Crippen LogP contribution in [0.4, 0.5) is 0 Å². The molecule has 0 radical (unpaired) electrons. The minimum atomic E-state index is 0.000254. The summed E-state index contributed by atoms with van der Waals surface area (Å²) in [6.45, 7) is 2.58. The molecule has 5 nitrogen and oxygen atoms in total. The summed E-state index contributed by atoms with van der Waals surface area (Å²) >= 11 is 0. The van der Waals surface area contributed by atoms with Crippen LogP contribution >= 0.6 is 0 Å². The number of hydrogen-bond acceptors (Lipinski definition) is 3. The van der Waals surface area contributed by atoms with Gasteiger partial charge in [0.1, 0.15) is 0 Å². The van der Waals surface area contributed by atoms with Crippen molar-refractivity contribution < 1.29 is 4.79 Å². The lowest BCUT2D eigenvalue weighted by Crippen LogP contribution is -2.36. The zero-order chi connectivity index (χ0) is 12.3. The van der Waals surface area contributed by atoms with Crippen LogP contribution in [0.1, 0.15) is 37.8 Å². The summed E-state index contributed by atoms with van der Waals surface area (Å²) in [6.07, 6.45) is 6.69. The van der Waals surface area contributed by atoms with Crippen molar-refractivity contribution in [2.75, 3.05) is 6.54 Å². The molecule has 1 aromatic rings. The molecule has 1 aliphatic carbocycles. The molecule has 1 aromatic heterocycles. The number of amides is 1. The first-order valence-corrected chi connectivity index (χ1v) is 6.21. The Bertz CT molecular complexity index is 363. The lowest BCUT2D eigenvalue weighted by atomic mass is 9.95. The second-order valence-corrected chi connectivity index (χ2v) is 4.80. The van der Waals surface area contributed by atoms with Crippen molar-refractivity contribution in [3.8, 4) is 0 Å². The lowest BCUT2D eigenvalue weighted by Gasteiger charge is -2.20.